The van der Waals surface area contributed by atoms with E-state index in [1.165, 1.54) is 56.6 Å². The molecule has 0 bridgehead atoms. The number of nitrogens with one attached hydrogen (secondary N) is 2. The van der Waals surface area contributed by atoms with Crippen molar-refractivity contribution in [3.63, 3.8) is 0 Å². The third kappa shape index (κ3) is 7.01. The number of rotatable bonds is 10. The molecule has 0 spiro atoms. The summed E-state index contributed by atoms with van der Waals surface area (Å²) in [4.78, 5) is 12.5. The maximum Gasteiger partial charge on any atom is 0.263 e. The van der Waals surface area contributed by atoms with Crippen molar-refractivity contribution in [1.29, 1.82) is 0 Å². The summed E-state index contributed by atoms with van der Waals surface area (Å²) in [5.41, 5.74) is 2.17. The molecule has 0 saturated heterocycles. The Morgan fingerprint density at radius 3 is 2.27 bits per heavy atom. The zero-order valence-electron chi connectivity index (χ0n) is 20.8. The van der Waals surface area contributed by atoms with Crippen molar-refractivity contribution in [3.05, 3.63) is 82.4 Å². The fraction of sp³-hybridized carbons (Fsp3) is 0.240. The number of hydrogen-bond donors (Lipinski definition) is 2. The van der Waals surface area contributed by atoms with E-state index in [1.54, 1.807) is 19.1 Å². The first-order valence-corrected chi connectivity index (χ1v) is 14.4. The van der Waals surface area contributed by atoms with Crippen LogP contribution in [-0.2, 0) is 20.0 Å². The summed E-state index contributed by atoms with van der Waals surface area (Å²) in [6, 6.07) is 15.3. The second-order valence-electron chi connectivity index (χ2n) is 8.43. The van der Waals surface area contributed by atoms with Crippen molar-refractivity contribution in [1.82, 2.24) is 9.62 Å². The molecule has 0 aliphatic heterocycles. The number of ether oxygens (including phenoxy) is 1. The van der Waals surface area contributed by atoms with Gasteiger partial charge in [0.05, 0.1) is 22.2 Å². The van der Waals surface area contributed by atoms with Crippen LogP contribution in [0.1, 0.15) is 21.5 Å². The van der Waals surface area contributed by atoms with E-state index in [-0.39, 0.29) is 33.5 Å². The number of anilines is 1. The van der Waals surface area contributed by atoms with Gasteiger partial charge in [-0.1, -0.05) is 23.7 Å². The third-order valence-corrected chi connectivity index (χ3v) is 9.06. The standard InChI is InChI=1S/C25H28ClN3O6S2/c1-17-5-6-18(2)23(15-17)28-36(31,32)24-16-19(7-12-22(24)26)25(30)27-13-14-35-20-8-10-21(11-9-20)37(33,34)29(3)4/h5-12,15-16,28H,13-14H2,1-4H3,(H,27,30). The van der Waals surface area contributed by atoms with E-state index in [4.69, 9.17) is 16.3 Å². The lowest BCUT2D eigenvalue weighted by atomic mass is 10.1. The van der Waals surface area contributed by atoms with Crippen LogP contribution in [0.15, 0.2) is 70.5 Å². The molecule has 2 N–H and O–H groups in total. The van der Waals surface area contributed by atoms with Gasteiger partial charge in [0.1, 0.15) is 17.3 Å². The van der Waals surface area contributed by atoms with E-state index in [2.05, 4.69) is 10.0 Å². The summed E-state index contributed by atoms with van der Waals surface area (Å²) in [6.07, 6.45) is 0. The highest BCUT2D eigenvalue weighted by atomic mass is 35.5. The third-order valence-electron chi connectivity index (χ3n) is 5.38. The molecule has 0 aliphatic rings. The molecule has 1 amide bonds. The van der Waals surface area contributed by atoms with Crippen LogP contribution in [0.2, 0.25) is 5.02 Å². The zero-order chi connectivity index (χ0) is 27.4. The second kappa shape index (κ2) is 11.5. The van der Waals surface area contributed by atoms with Gasteiger partial charge in [-0.25, -0.2) is 21.1 Å². The molecule has 0 radical (unpaired) electrons. The predicted molar refractivity (Wildman–Crippen MR) is 143 cm³/mol. The molecule has 0 atom stereocenters. The normalized spacial score (nSPS) is 11.8. The number of carbonyl (C=O) groups is 1. The van der Waals surface area contributed by atoms with Crippen molar-refractivity contribution >= 4 is 43.2 Å². The molecule has 3 aromatic rings. The summed E-state index contributed by atoms with van der Waals surface area (Å²) in [5.74, 6) is -0.0692. The highest BCUT2D eigenvalue weighted by Crippen LogP contribution is 2.27. The summed E-state index contributed by atoms with van der Waals surface area (Å²) in [5, 5.41) is 2.64. The number of hydrogen-bond acceptors (Lipinski definition) is 6. The SMILES string of the molecule is Cc1ccc(C)c(NS(=O)(=O)c2cc(C(=O)NCCOc3ccc(S(=O)(=O)N(C)C)cc3)ccc2Cl)c1. The van der Waals surface area contributed by atoms with Gasteiger partial charge in [0.15, 0.2) is 0 Å². The topological polar surface area (TPSA) is 122 Å². The van der Waals surface area contributed by atoms with E-state index in [1.807, 2.05) is 13.0 Å². The Labute approximate surface area is 222 Å². The molecule has 0 fully saturated rings. The molecule has 0 saturated carbocycles. The lowest BCUT2D eigenvalue weighted by Crippen LogP contribution is -2.28. The van der Waals surface area contributed by atoms with Crippen molar-refractivity contribution in [2.45, 2.75) is 23.6 Å². The smallest absolute Gasteiger partial charge is 0.263 e. The van der Waals surface area contributed by atoms with Crippen LogP contribution in [0.3, 0.4) is 0 Å². The molecule has 3 aromatic carbocycles. The molecule has 0 heterocycles. The Kier molecular flexibility index (Phi) is 8.85. The van der Waals surface area contributed by atoms with Gasteiger partial charge >= 0.3 is 0 Å². The molecule has 198 valence electrons. The van der Waals surface area contributed by atoms with Crippen LogP contribution in [0.5, 0.6) is 5.75 Å². The fourth-order valence-corrected chi connectivity index (χ4v) is 5.80. The monoisotopic (exact) mass is 565 g/mol. The van der Waals surface area contributed by atoms with Gasteiger partial charge < -0.3 is 10.1 Å². The highest BCUT2D eigenvalue weighted by molar-refractivity contribution is 7.92. The minimum atomic E-state index is -4.05. The van der Waals surface area contributed by atoms with E-state index in [0.29, 0.717) is 11.4 Å². The van der Waals surface area contributed by atoms with Crippen LogP contribution in [0.25, 0.3) is 0 Å². The maximum atomic E-state index is 13.0. The summed E-state index contributed by atoms with van der Waals surface area (Å²) >= 11 is 6.16. The number of sulfonamides is 2. The number of halogens is 1. The Morgan fingerprint density at radius 1 is 0.946 bits per heavy atom. The Balaban J connectivity index is 1.62. The Bertz CT molecular complexity index is 1510. The molecule has 3 rings (SSSR count). The van der Waals surface area contributed by atoms with Crippen LogP contribution >= 0.6 is 11.6 Å². The largest absolute Gasteiger partial charge is 0.492 e. The van der Waals surface area contributed by atoms with Crippen molar-refractivity contribution in [2.75, 3.05) is 32.0 Å². The summed E-state index contributed by atoms with van der Waals surface area (Å²) in [7, 11) is -4.69. The molecular weight excluding hydrogens is 538 g/mol. The number of aryl methyl sites for hydroxylation is 2. The van der Waals surface area contributed by atoms with Crippen LogP contribution in [-0.4, -0.2) is 54.3 Å². The highest BCUT2D eigenvalue weighted by Gasteiger charge is 2.21. The predicted octanol–water partition coefficient (Wildman–Crippen LogP) is 3.82. The fourth-order valence-electron chi connectivity index (χ4n) is 3.25. The van der Waals surface area contributed by atoms with Gasteiger partial charge in [-0.2, -0.15) is 0 Å². The lowest BCUT2D eigenvalue weighted by molar-refractivity contribution is 0.0946. The van der Waals surface area contributed by atoms with Crippen molar-refractivity contribution in [2.24, 2.45) is 0 Å². The molecule has 12 heteroatoms. The van der Waals surface area contributed by atoms with Crippen molar-refractivity contribution < 1.29 is 26.4 Å². The maximum absolute atomic E-state index is 13.0. The van der Waals surface area contributed by atoms with Gasteiger partial charge in [-0.3, -0.25) is 9.52 Å². The van der Waals surface area contributed by atoms with E-state index >= 15 is 0 Å². The summed E-state index contributed by atoms with van der Waals surface area (Å²) < 4.78 is 59.5. The number of carbonyl (C=O) groups excluding carboxylic acids is 1. The molecule has 9 nitrogen and oxygen atoms in total. The zero-order valence-corrected chi connectivity index (χ0v) is 23.2. The van der Waals surface area contributed by atoms with Crippen molar-refractivity contribution in [3.8, 4) is 5.75 Å². The first kappa shape index (κ1) is 28.5. The van der Waals surface area contributed by atoms with E-state index < -0.39 is 26.0 Å². The number of amides is 1. The minimum absolute atomic E-state index is 0.0163. The quantitative estimate of drug-likeness (QED) is 0.360. The molecule has 0 aromatic heterocycles. The molecule has 37 heavy (non-hydrogen) atoms. The van der Waals surface area contributed by atoms with Gasteiger partial charge in [-0.05, 0) is 73.5 Å². The van der Waals surface area contributed by atoms with Gasteiger partial charge in [0.25, 0.3) is 15.9 Å². The molecule has 0 unspecified atom stereocenters. The van der Waals surface area contributed by atoms with Gasteiger partial charge in [-0.15, -0.1) is 0 Å². The Hall–Kier alpha value is -3.12. The Morgan fingerprint density at radius 2 is 1.62 bits per heavy atom. The number of nitrogens with zero attached hydrogens (tertiary/aromatic N) is 1. The number of benzene rings is 3. The van der Waals surface area contributed by atoms with Crippen LogP contribution in [0, 0.1) is 13.8 Å². The van der Waals surface area contributed by atoms with Crippen LogP contribution < -0.4 is 14.8 Å². The van der Waals surface area contributed by atoms with Gasteiger partial charge in [0, 0.05) is 19.7 Å². The minimum Gasteiger partial charge on any atom is -0.492 e. The van der Waals surface area contributed by atoms with Gasteiger partial charge in [0.2, 0.25) is 10.0 Å². The average Bonchev–Trinajstić information content (AvgIpc) is 2.84. The molecular formula is C25H28ClN3O6S2. The average molecular weight is 566 g/mol. The lowest BCUT2D eigenvalue weighted by Gasteiger charge is -2.14. The van der Waals surface area contributed by atoms with Crippen LogP contribution in [0.4, 0.5) is 5.69 Å². The first-order valence-electron chi connectivity index (χ1n) is 11.1. The summed E-state index contributed by atoms with van der Waals surface area (Å²) in [6.45, 7) is 3.87. The second-order valence-corrected chi connectivity index (χ2v) is 12.6. The van der Waals surface area contributed by atoms with E-state index in [0.717, 1.165) is 15.4 Å². The molecule has 0 aliphatic carbocycles. The first-order chi connectivity index (χ1) is 17.3. The van der Waals surface area contributed by atoms with E-state index in [9.17, 15) is 21.6 Å².